The van der Waals surface area contributed by atoms with Crippen molar-refractivity contribution in [3.05, 3.63) is 217 Å². The average Bonchev–Trinajstić information content (AvgIpc) is 1.02. The van der Waals surface area contributed by atoms with Crippen LogP contribution in [0.2, 0.25) is 10.0 Å². The Morgan fingerprint density at radius 1 is 0.544 bits per heavy atom. The number of rotatable bonds is 19. The van der Waals surface area contributed by atoms with E-state index >= 15 is 0 Å². The molecule has 0 aromatic heterocycles. The molecule has 2 fully saturated rings. The summed E-state index contributed by atoms with van der Waals surface area (Å²) in [6.07, 6.45) is -0.737. The first-order chi connectivity index (χ1) is 43.0. The van der Waals surface area contributed by atoms with Crippen LogP contribution in [-0.4, -0.2) is 98.4 Å². The van der Waals surface area contributed by atoms with Gasteiger partial charge in [-0.3, -0.25) is 24.1 Å². The molecule has 0 atom stereocenters. The first-order valence-electron chi connectivity index (χ1n) is 28.8. The number of piperidine rings is 2. The highest BCUT2D eigenvalue weighted by Gasteiger charge is 2.34. The maximum Gasteiger partial charge on any atom is 0.488 e. The molecular formula is C65H65BCl2F6N10O6. The van der Waals surface area contributed by atoms with E-state index in [1.807, 2.05) is 50.5 Å². The highest BCUT2D eigenvalue weighted by atomic mass is 35.5. The smallest absolute Gasteiger partial charge is 0.423 e. The van der Waals surface area contributed by atoms with Crippen LogP contribution in [0.4, 0.5) is 49.1 Å². The molecule has 7 aromatic rings. The summed E-state index contributed by atoms with van der Waals surface area (Å²) >= 11 is 11.4. The van der Waals surface area contributed by atoms with Gasteiger partial charge < -0.3 is 35.8 Å². The Hall–Kier alpha value is -8.58. The lowest BCUT2D eigenvalue weighted by Gasteiger charge is -2.29. The van der Waals surface area contributed by atoms with Crippen LogP contribution in [0.1, 0.15) is 119 Å². The maximum atomic E-state index is 13.5. The van der Waals surface area contributed by atoms with Crippen molar-refractivity contribution in [1.82, 2.24) is 21.1 Å². The summed E-state index contributed by atoms with van der Waals surface area (Å²) < 4.78 is 79.5. The van der Waals surface area contributed by atoms with Gasteiger partial charge in [0.25, 0.3) is 23.6 Å². The van der Waals surface area contributed by atoms with Gasteiger partial charge in [-0.05, 0) is 171 Å². The lowest BCUT2D eigenvalue weighted by Crippen LogP contribution is -2.30. The maximum absolute atomic E-state index is 13.5. The van der Waals surface area contributed by atoms with Gasteiger partial charge in [0.2, 0.25) is 0 Å². The minimum absolute atomic E-state index is 0.0857. The number of halogens is 8. The summed E-state index contributed by atoms with van der Waals surface area (Å²) in [6, 6.07) is 38.2. The Morgan fingerprint density at radius 3 is 1.41 bits per heavy atom. The minimum Gasteiger partial charge on any atom is -0.423 e. The average molecular weight is 1280 g/mol. The fourth-order valence-corrected chi connectivity index (χ4v) is 10.6. The minimum atomic E-state index is -4.65. The third kappa shape index (κ3) is 19.0. The quantitative estimate of drug-likeness (QED) is 0.0177. The van der Waals surface area contributed by atoms with Gasteiger partial charge in [0.15, 0.2) is 0 Å². The number of amides is 4. The normalized spacial score (nSPS) is 13.7. The van der Waals surface area contributed by atoms with Crippen molar-refractivity contribution in [2.75, 3.05) is 60.7 Å². The molecule has 0 unspecified atom stereocenters. The van der Waals surface area contributed by atoms with Gasteiger partial charge in [-0.25, -0.2) is 10.9 Å². The van der Waals surface area contributed by atoms with Crippen LogP contribution in [0.3, 0.4) is 0 Å². The van der Waals surface area contributed by atoms with Crippen LogP contribution in [0, 0.1) is 0 Å². The van der Waals surface area contributed by atoms with E-state index in [1.54, 1.807) is 72.8 Å². The van der Waals surface area contributed by atoms with E-state index in [4.69, 9.17) is 23.2 Å². The number of hydrogen-bond donors (Lipinski definition) is 7. The molecule has 0 spiro atoms. The van der Waals surface area contributed by atoms with Crippen molar-refractivity contribution in [2.45, 2.75) is 70.5 Å². The number of benzene rings is 7. The predicted octanol–water partition coefficient (Wildman–Crippen LogP) is 11.8. The topological polar surface area (TPSA) is 203 Å². The van der Waals surface area contributed by atoms with E-state index in [1.165, 1.54) is 12.1 Å². The second-order valence-corrected chi connectivity index (χ2v) is 22.4. The predicted molar refractivity (Wildman–Crippen MR) is 341 cm³/mol. The zero-order chi connectivity index (χ0) is 64.5. The third-order valence-corrected chi connectivity index (χ3v) is 15.4. The molecule has 16 nitrogen and oxygen atoms in total. The monoisotopic (exact) mass is 1280 g/mol. The number of carbonyl (C=O) groups excluding carboxylic acids is 4. The molecule has 0 aliphatic carbocycles. The van der Waals surface area contributed by atoms with E-state index in [2.05, 4.69) is 51.7 Å². The lowest BCUT2D eigenvalue weighted by atomic mass is 9.80. The molecular weight excluding hydrogens is 1210 g/mol. The fraction of sp³-hybridized carbons (Fsp3) is 0.262. The zero-order valence-electron chi connectivity index (χ0n) is 49.1. The number of hydrazone groups is 2. The molecule has 7 N–H and O–H groups in total. The molecule has 4 amide bonds. The first-order valence-corrected chi connectivity index (χ1v) is 29.6. The molecule has 9 rings (SSSR count). The Bertz CT molecular complexity index is 3730. The molecule has 25 heteroatoms. The van der Waals surface area contributed by atoms with Crippen LogP contribution >= 0.6 is 23.2 Å². The second kappa shape index (κ2) is 31.2. The van der Waals surface area contributed by atoms with Gasteiger partial charge in [-0.15, -0.1) is 0 Å². The fourth-order valence-electron chi connectivity index (χ4n) is 10.2. The number of alkyl halides is 6. The summed E-state index contributed by atoms with van der Waals surface area (Å²) in [5.74, 6) is -2.10. The molecule has 2 heterocycles. The number of nitrogens with one attached hydrogen (secondary N) is 5. The SMILES string of the molecule is CN(Cc1ccc(B(O)O)cc1)Cc1cccc(C(=O)Nc2ccc(N3CCCCC3)cc2C(=O)N/N=C/c2ccc(Cl)c(C(F)(F)F)c2)c1.CNCc1cccc(C(=O)Nc2ccc(N3CCCCC3)cc2C(=O)N/N=C/c2ccc(Cl)c(C(F)(F)F)c2)c1. The van der Waals surface area contributed by atoms with Crippen LogP contribution in [0.5, 0.6) is 0 Å². The summed E-state index contributed by atoms with van der Waals surface area (Å²) in [4.78, 5) is 59.6. The zero-order valence-corrected chi connectivity index (χ0v) is 50.6. The van der Waals surface area contributed by atoms with E-state index < -0.39 is 58.4 Å². The Kier molecular flexibility index (Phi) is 23.4. The van der Waals surface area contributed by atoms with Gasteiger partial charge >= 0.3 is 19.5 Å². The first kappa shape index (κ1) is 67.4. The largest absolute Gasteiger partial charge is 0.488 e. The van der Waals surface area contributed by atoms with Crippen molar-refractivity contribution in [2.24, 2.45) is 10.2 Å². The van der Waals surface area contributed by atoms with Gasteiger partial charge in [-0.2, -0.15) is 36.5 Å². The van der Waals surface area contributed by atoms with Crippen LogP contribution in [0.15, 0.2) is 156 Å². The van der Waals surface area contributed by atoms with Gasteiger partial charge in [0.1, 0.15) is 0 Å². The van der Waals surface area contributed by atoms with Crippen LogP contribution in [0.25, 0.3) is 0 Å². The number of nitrogens with zero attached hydrogens (tertiary/aromatic N) is 5. The summed E-state index contributed by atoms with van der Waals surface area (Å²) in [5, 5.41) is 34.2. The number of carbonyl (C=O) groups is 4. The van der Waals surface area contributed by atoms with E-state index in [-0.39, 0.29) is 39.5 Å². The van der Waals surface area contributed by atoms with Crippen LogP contribution in [-0.2, 0) is 32.0 Å². The molecule has 2 aliphatic heterocycles. The van der Waals surface area contributed by atoms with Crippen molar-refractivity contribution in [1.29, 1.82) is 0 Å². The van der Waals surface area contributed by atoms with E-state index in [0.717, 1.165) is 129 Å². The molecule has 0 saturated carbocycles. The van der Waals surface area contributed by atoms with Crippen molar-refractivity contribution < 1.29 is 55.6 Å². The molecule has 90 heavy (non-hydrogen) atoms. The molecule has 0 bridgehead atoms. The summed E-state index contributed by atoms with van der Waals surface area (Å²) in [5.41, 5.74) is 9.40. The highest BCUT2D eigenvalue weighted by Crippen LogP contribution is 2.37. The second-order valence-electron chi connectivity index (χ2n) is 21.6. The molecule has 2 saturated heterocycles. The van der Waals surface area contributed by atoms with Gasteiger partial charge in [0.05, 0.1) is 56.1 Å². The van der Waals surface area contributed by atoms with E-state index in [0.29, 0.717) is 36.2 Å². The van der Waals surface area contributed by atoms with Crippen molar-refractivity contribution >= 4 is 94.6 Å². The number of anilines is 4. The Labute approximate surface area is 527 Å². The Morgan fingerprint density at radius 2 is 0.978 bits per heavy atom. The van der Waals surface area contributed by atoms with Crippen molar-refractivity contribution in [3.63, 3.8) is 0 Å². The van der Waals surface area contributed by atoms with Crippen LogP contribution < -0.4 is 42.1 Å². The summed E-state index contributed by atoms with van der Waals surface area (Å²) in [6.45, 7) is 5.05. The Balaban J connectivity index is 0.000000238. The van der Waals surface area contributed by atoms with E-state index in [9.17, 15) is 55.6 Å². The lowest BCUT2D eigenvalue weighted by molar-refractivity contribution is -0.138. The molecule has 470 valence electrons. The molecule has 0 radical (unpaired) electrons. The standard InChI is InChI=1S/C36H36BClF3N5O4.C29H29ClF3N5O2/c1-45(22-24-8-11-28(12-9-24)37(49)50)23-26-6-5-7-27(18-26)34(47)43-33-15-13-29(46-16-3-2-4-17-46)20-30(33)35(48)44-42-21-25-10-14-32(38)31(19-25)36(39,40)41;1-34-17-19-6-5-7-21(14-19)27(39)36-26-11-9-22(38-12-3-2-4-13-38)16-23(26)28(40)37-35-18-20-8-10-25(30)24(15-20)29(31,32)33/h5-15,18-21,49-50H,2-4,16-17,22-23H2,1H3,(H,43,47)(H,44,48);5-11,14-16,18,34H,2-4,12-13,17H2,1H3,(H,36,39)(H,37,40)/b42-21+;35-18+. The third-order valence-electron chi connectivity index (χ3n) is 14.7. The molecule has 7 aromatic carbocycles. The van der Waals surface area contributed by atoms with Crippen molar-refractivity contribution in [3.8, 4) is 0 Å². The number of hydrogen-bond acceptors (Lipinski definition) is 12. The van der Waals surface area contributed by atoms with Gasteiger partial charge in [-0.1, -0.05) is 83.9 Å². The summed E-state index contributed by atoms with van der Waals surface area (Å²) in [7, 11) is 2.22. The molecule has 2 aliphatic rings. The highest BCUT2D eigenvalue weighted by molar-refractivity contribution is 6.58. The van der Waals surface area contributed by atoms with Gasteiger partial charge in [0, 0.05) is 68.3 Å².